The zero-order valence-corrected chi connectivity index (χ0v) is 9.67. The number of rotatable bonds is 1. The molecule has 0 atom stereocenters. The highest BCUT2D eigenvalue weighted by Crippen LogP contribution is 2.25. The van der Waals surface area contributed by atoms with Crippen LogP contribution in [0.5, 0.6) is 5.75 Å². The zero-order chi connectivity index (χ0) is 12.5. The Hall–Kier alpha value is -2.55. The summed E-state index contributed by atoms with van der Waals surface area (Å²) in [4.78, 5) is 4.30. The van der Waals surface area contributed by atoms with Crippen molar-refractivity contribution in [3.05, 3.63) is 54.7 Å². The lowest BCUT2D eigenvalue weighted by molar-refractivity contribution is 0.476. The van der Waals surface area contributed by atoms with Crippen LogP contribution < -0.4 is 5.73 Å². The highest BCUT2D eigenvalue weighted by Gasteiger charge is 2.01. The van der Waals surface area contributed by atoms with Gasteiger partial charge >= 0.3 is 0 Å². The van der Waals surface area contributed by atoms with Crippen LogP contribution in [0.15, 0.2) is 54.7 Å². The molecule has 0 saturated heterocycles. The maximum absolute atomic E-state index is 9.42. The van der Waals surface area contributed by atoms with Gasteiger partial charge in [0.2, 0.25) is 0 Å². The van der Waals surface area contributed by atoms with E-state index >= 15 is 0 Å². The molecule has 0 saturated carbocycles. The smallest absolute Gasteiger partial charge is 0.116 e. The number of fused-ring (bicyclic) bond motifs is 1. The lowest BCUT2D eigenvalue weighted by Gasteiger charge is -2.04. The lowest BCUT2D eigenvalue weighted by Crippen LogP contribution is -1.88. The topological polar surface area (TPSA) is 59.1 Å². The van der Waals surface area contributed by atoms with E-state index in [0.29, 0.717) is 5.69 Å². The molecule has 3 rings (SSSR count). The quantitative estimate of drug-likeness (QED) is 0.682. The van der Waals surface area contributed by atoms with Gasteiger partial charge in [-0.25, -0.2) is 0 Å². The fraction of sp³-hybridized carbons (Fsp3) is 0. The Bertz CT molecular complexity index is 705. The Balaban J connectivity index is 2.13. The van der Waals surface area contributed by atoms with Gasteiger partial charge in [0.25, 0.3) is 0 Å². The van der Waals surface area contributed by atoms with E-state index in [1.807, 2.05) is 36.4 Å². The molecule has 0 unspecified atom stereocenters. The number of nitrogens with zero attached hydrogens (tertiary/aromatic N) is 1. The summed E-state index contributed by atoms with van der Waals surface area (Å²) in [7, 11) is 0. The molecule has 3 heteroatoms. The van der Waals surface area contributed by atoms with Crippen molar-refractivity contribution in [2.75, 3.05) is 5.73 Å². The fourth-order valence-corrected chi connectivity index (χ4v) is 1.97. The summed E-state index contributed by atoms with van der Waals surface area (Å²) in [5, 5.41) is 11.5. The molecule has 3 aromatic rings. The van der Waals surface area contributed by atoms with Crippen molar-refractivity contribution < 1.29 is 5.11 Å². The van der Waals surface area contributed by atoms with E-state index in [1.54, 1.807) is 18.3 Å². The van der Waals surface area contributed by atoms with E-state index in [2.05, 4.69) is 4.98 Å². The predicted octanol–water partition coefficient (Wildman–Crippen LogP) is 3.19. The molecule has 0 aliphatic rings. The molecule has 0 bridgehead atoms. The Morgan fingerprint density at radius 2 is 1.67 bits per heavy atom. The van der Waals surface area contributed by atoms with Gasteiger partial charge in [-0.15, -0.1) is 0 Å². The predicted molar refractivity (Wildman–Crippen MR) is 73.3 cm³/mol. The number of hydrogen-bond acceptors (Lipinski definition) is 3. The molecular weight excluding hydrogens is 224 g/mol. The Morgan fingerprint density at radius 3 is 2.44 bits per heavy atom. The summed E-state index contributed by atoms with van der Waals surface area (Å²) in [6.07, 6.45) is 1.65. The van der Waals surface area contributed by atoms with E-state index in [1.165, 1.54) is 0 Å². The number of aromatic hydroxyl groups is 1. The van der Waals surface area contributed by atoms with Crippen LogP contribution in [0, 0.1) is 0 Å². The molecule has 2 aromatic carbocycles. The number of hydrogen-bond donors (Lipinski definition) is 2. The summed E-state index contributed by atoms with van der Waals surface area (Å²) in [5.41, 5.74) is 8.20. The SMILES string of the molecule is Nc1ccc(-c2ccc3cc(O)ccc3c2)nc1. The maximum Gasteiger partial charge on any atom is 0.116 e. The summed E-state index contributed by atoms with van der Waals surface area (Å²) in [5.74, 6) is 0.279. The molecule has 0 spiro atoms. The second kappa shape index (κ2) is 4.04. The van der Waals surface area contributed by atoms with Crippen molar-refractivity contribution in [3.63, 3.8) is 0 Å². The van der Waals surface area contributed by atoms with E-state index in [4.69, 9.17) is 5.73 Å². The first-order valence-electron chi connectivity index (χ1n) is 5.67. The summed E-state index contributed by atoms with van der Waals surface area (Å²) >= 11 is 0. The van der Waals surface area contributed by atoms with E-state index in [-0.39, 0.29) is 5.75 Å². The Morgan fingerprint density at radius 1 is 0.889 bits per heavy atom. The highest BCUT2D eigenvalue weighted by atomic mass is 16.3. The average molecular weight is 236 g/mol. The van der Waals surface area contributed by atoms with Crippen LogP contribution >= 0.6 is 0 Å². The van der Waals surface area contributed by atoms with Crippen LogP contribution in [0.25, 0.3) is 22.0 Å². The first-order chi connectivity index (χ1) is 8.72. The van der Waals surface area contributed by atoms with Crippen LogP contribution in [-0.4, -0.2) is 10.1 Å². The molecule has 0 fully saturated rings. The summed E-state index contributed by atoms with van der Waals surface area (Å²) in [6, 6.07) is 15.1. The van der Waals surface area contributed by atoms with Crippen LogP contribution in [0.3, 0.4) is 0 Å². The molecule has 0 aliphatic carbocycles. The Labute approximate surface area is 105 Å². The molecule has 0 aliphatic heterocycles. The van der Waals surface area contributed by atoms with Crippen molar-refractivity contribution in [3.8, 4) is 17.0 Å². The number of aromatic nitrogens is 1. The van der Waals surface area contributed by atoms with Crippen molar-refractivity contribution in [1.29, 1.82) is 0 Å². The normalized spacial score (nSPS) is 10.7. The molecule has 0 amide bonds. The van der Waals surface area contributed by atoms with Gasteiger partial charge < -0.3 is 10.8 Å². The third kappa shape index (κ3) is 1.86. The molecule has 88 valence electrons. The molecule has 18 heavy (non-hydrogen) atoms. The minimum Gasteiger partial charge on any atom is -0.508 e. The summed E-state index contributed by atoms with van der Waals surface area (Å²) in [6.45, 7) is 0. The van der Waals surface area contributed by atoms with Crippen LogP contribution in [0.1, 0.15) is 0 Å². The second-order valence-electron chi connectivity index (χ2n) is 4.22. The van der Waals surface area contributed by atoms with E-state index in [0.717, 1.165) is 22.0 Å². The minimum atomic E-state index is 0.279. The van der Waals surface area contributed by atoms with Gasteiger partial charge in [0, 0.05) is 5.56 Å². The minimum absolute atomic E-state index is 0.279. The maximum atomic E-state index is 9.42. The number of phenols is 1. The standard InChI is InChI=1S/C15H12N2O/c16-13-4-6-15(17-9-13)12-2-1-11-8-14(18)5-3-10(11)7-12/h1-9,18H,16H2. The highest BCUT2D eigenvalue weighted by molar-refractivity contribution is 5.87. The number of nitrogens with two attached hydrogens (primary N) is 1. The molecule has 1 aromatic heterocycles. The van der Waals surface area contributed by atoms with Gasteiger partial charge in [-0.2, -0.15) is 0 Å². The van der Waals surface area contributed by atoms with E-state index in [9.17, 15) is 5.11 Å². The van der Waals surface area contributed by atoms with Gasteiger partial charge in [0.05, 0.1) is 17.6 Å². The first-order valence-corrected chi connectivity index (χ1v) is 5.67. The second-order valence-corrected chi connectivity index (χ2v) is 4.22. The van der Waals surface area contributed by atoms with Crippen LogP contribution in [0.4, 0.5) is 5.69 Å². The monoisotopic (exact) mass is 236 g/mol. The molecule has 3 nitrogen and oxygen atoms in total. The fourth-order valence-electron chi connectivity index (χ4n) is 1.97. The van der Waals surface area contributed by atoms with Crippen LogP contribution in [0.2, 0.25) is 0 Å². The molecular formula is C15H12N2O. The van der Waals surface area contributed by atoms with Crippen molar-refractivity contribution >= 4 is 16.5 Å². The van der Waals surface area contributed by atoms with Gasteiger partial charge in [-0.05, 0) is 41.1 Å². The lowest BCUT2D eigenvalue weighted by atomic mass is 10.0. The number of phenolic OH excluding ortho intramolecular Hbond substituents is 1. The molecule has 1 heterocycles. The van der Waals surface area contributed by atoms with Gasteiger partial charge in [0.15, 0.2) is 0 Å². The van der Waals surface area contributed by atoms with Crippen LogP contribution in [-0.2, 0) is 0 Å². The largest absolute Gasteiger partial charge is 0.508 e. The molecule has 0 radical (unpaired) electrons. The Kier molecular flexibility index (Phi) is 2.38. The third-order valence-corrected chi connectivity index (χ3v) is 2.91. The van der Waals surface area contributed by atoms with E-state index < -0.39 is 0 Å². The number of pyridine rings is 1. The number of benzene rings is 2. The van der Waals surface area contributed by atoms with Crippen molar-refractivity contribution in [2.45, 2.75) is 0 Å². The van der Waals surface area contributed by atoms with Crippen molar-refractivity contribution in [2.24, 2.45) is 0 Å². The van der Waals surface area contributed by atoms with Gasteiger partial charge in [-0.3, -0.25) is 4.98 Å². The number of nitrogen functional groups attached to an aromatic ring is 1. The first kappa shape index (κ1) is 10.6. The average Bonchev–Trinajstić information content (AvgIpc) is 2.39. The van der Waals surface area contributed by atoms with Crippen molar-refractivity contribution in [1.82, 2.24) is 4.98 Å². The molecule has 3 N–H and O–H groups in total. The zero-order valence-electron chi connectivity index (χ0n) is 9.67. The van der Waals surface area contributed by atoms with Gasteiger partial charge in [0.1, 0.15) is 5.75 Å². The summed E-state index contributed by atoms with van der Waals surface area (Å²) < 4.78 is 0. The van der Waals surface area contributed by atoms with Gasteiger partial charge in [-0.1, -0.05) is 18.2 Å². The number of anilines is 1. The third-order valence-electron chi connectivity index (χ3n) is 2.91.